The zero-order valence-electron chi connectivity index (χ0n) is 18.4. The number of nitrogens with zero attached hydrogens (tertiary/aromatic N) is 3. The Bertz CT molecular complexity index is 1050. The van der Waals surface area contributed by atoms with Gasteiger partial charge in [0, 0.05) is 58.1 Å². The normalized spacial score (nSPS) is 24.9. The van der Waals surface area contributed by atoms with E-state index in [0.717, 1.165) is 42.1 Å². The number of aryl methyl sites for hydroxylation is 1. The SMILES string of the molecule is COC1=CC2(OC)CC2C(N2CCN(C(=O)c3ccn(C)c3-c3ccccc3)CC2)=C1. The summed E-state index contributed by atoms with van der Waals surface area (Å²) in [4.78, 5) is 17.8. The zero-order valence-corrected chi connectivity index (χ0v) is 18.4. The van der Waals surface area contributed by atoms with Crippen LogP contribution in [0.25, 0.3) is 11.3 Å². The van der Waals surface area contributed by atoms with Crippen LogP contribution in [0.1, 0.15) is 16.8 Å². The van der Waals surface area contributed by atoms with Crippen LogP contribution in [0.3, 0.4) is 0 Å². The summed E-state index contributed by atoms with van der Waals surface area (Å²) in [5.41, 5.74) is 3.87. The molecule has 0 radical (unpaired) electrons. The van der Waals surface area contributed by atoms with Gasteiger partial charge in [0.15, 0.2) is 0 Å². The van der Waals surface area contributed by atoms with Crippen LogP contribution in [0.4, 0.5) is 0 Å². The van der Waals surface area contributed by atoms with Crippen molar-refractivity contribution in [2.45, 2.75) is 12.0 Å². The number of carbonyl (C=O) groups excluding carboxylic acids is 1. The van der Waals surface area contributed by atoms with Crippen molar-refractivity contribution >= 4 is 5.91 Å². The van der Waals surface area contributed by atoms with E-state index in [-0.39, 0.29) is 11.5 Å². The second-order valence-corrected chi connectivity index (χ2v) is 8.57. The van der Waals surface area contributed by atoms with Crippen LogP contribution in [-0.2, 0) is 16.5 Å². The Hall–Kier alpha value is -2.99. The third-order valence-corrected chi connectivity index (χ3v) is 6.88. The number of fused-ring (bicyclic) bond motifs is 1. The van der Waals surface area contributed by atoms with Gasteiger partial charge in [0.05, 0.1) is 24.0 Å². The number of aromatic nitrogens is 1. The first-order valence-electron chi connectivity index (χ1n) is 10.8. The summed E-state index contributed by atoms with van der Waals surface area (Å²) in [5, 5.41) is 0. The number of benzene rings is 1. The number of piperazine rings is 1. The van der Waals surface area contributed by atoms with Crippen molar-refractivity contribution in [3.05, 3.63) is 71.8 Å². The summed E-state index contributed by atoms with van der Waals surface area (Å²) >= 11 is 0. The quantitative estimate of drug-likeness (QED) is 0.746. The van der Waals surface area contributed by atoms with E-state index in [1.54, 1.807) is 14.2 Å². The third kappa shape index (κ3) is 3.35. The van der Waals surface area contributed by atoms with Crippen LogP contribution >= 0.6 is 0 Å². The maximum atomic E-state index is 13.4. The topological polar surface area (TPSA) is 46.9 Å². The smallest absolute Gasteiger partial charge is 0.256 e. The van der Waals surface area contributed by atoms with Crippen molar-refractivity contribution in [3.8, 4) is 11.3 Å². The van der Waals surface area contributed by atoms with Crippen molar-refractivity contribution in [2.24, 2.45) is 13.0 Å². The second-order valence-electron chi connectivity index (χ2n) is 8.57. The van der Waals surface area contributed by atoms with E-state index in [4.69, 9.17) is 9.47 Å². The summed E-state index contributed by atoms with van der Waals surface area (Å²) in [6.07, 6.45) is 7.19. The highest BCUT2D eigenvalue weighted by molar-refractivity contribution is 6.00. The van der Waals surface area contributed by atoms with E-state index in [2.05, 4.69) is 29.2 Å². The molecule has 2 aliphatic carbocycles. The van der Waals surface area contributed by atoms with Gasteiger partial charge in [-0.25, -0.2) is 0 Å². The third-order valence-electron chi connectivity index (χ3n) is 6.88. The van der Waals surface area contributed by atoms with Gasteiger partial charge in [-0.2, -0.15) is 0 Å². The molecule has 6 heteroatoms. The standard InChI is InChI=1S/C25H29N3O3/c1-26-10-9-20(23(26)18-7-5-4-6-8-18)24(29)28-13-11-27(12-14-28)22-15-19(30-2)16-25(31-3)17-21(22)25/h4-10,15-16,21H,11-14,17H2,1-3H3. The van der Waals surface area contributed by atoms with Gasteiger partial charge in [0.25, 0.3) is 5.91 Å². The van der Waals surface area contributed by atoms with E-state index in [0.29, 0.717) is 19.0 Å². The first-order chi connectivity index (χ1) is 15.1. The molecule has 31 heavy (non-hydrogen) atoms. The second kappa shape index (κ2) is 7.61. The lowest BCUT2D eigenvalue weighted by Gasteiger charge is -2.38. The number of ether oxygens (including phenoxy) is 2. The summed E-state index contributed by atoms with van der Waals surface area (Å²) in [6, 6.07) is 12.1. The molecule has 1 saturated heterocycles. The molecule has 2 aromatic rings. The minimum Gasteiger partial charge on any atom is -0.497 e. The van der Waals surface area contributed by atoms with Crippen molar-refractivity contribution in [2.75, 3.05) is 40.4 Å². The highest BCUT2D eigenvalue weighted by Crippen LogP contribution is 2.56. The van der Waals surface area contributed by atoms with Crippen LogP contribution in [0, 0.1) is 5.92 Å². The average molecular weight is 420 g/mol. The summed E-state index contributed by atoms with van der Waals surface area (Å²) in [7, 11) is 5.46. The fourth-order valence-electron chi connectivity index (χ4n) is 5.01. The molecule has 1 saturated carbocycles. The molecule has 1 amide bonds. The van der Waals surface area contributed by atoms with Gasteiger partial charge in [0.1, 0.15) is 5.76 Å². The molecule has 0 spiro atoms. The molecular weight excluding hydrogens is 390 g/mol. The number of carbonyl (C=O) groups is 1. The number of methoxy groups -OCH3 is 2. The fourth-order valence-corrected chi connectivity index (χ4v) is 5.01. The summed E-state index contributed by atoms with van der Waals surface area (Å²) in [6.45, 7) is 3.05. The Labute approximate surface area is 183 Å². The Kier molecular flexibility index (Phi) is 4.89. The van der Waals surface area contributed by atoms with Crippen molar-refractivity contribution < 1.29 is 14.3 Å². The van der Waals surface area contributed by atoms with Crippen molar-refractivity contribution in [1.82, 2.24) is 14.4 Å². The molecule has 1 aromatic carbocycles. The zero-order chi connectivity index (χ0) is 21.6. The predicted molar refractivity (Wildman–Crippen MR) is 119 cm³/mol. The van der Waals surface area contributed by atoms with Gasteiger partial charge in [-0.3, -0.25) is 4.79 Å². The van der Waals surface area contributed by atoms with Crippen LogP contribution in [0.15, 0.2) is 66.2 Å². The number of allylic oxidation sites excluding steroid dienone is 1. The Morgan fingerprint density at radius 1 is 1.06 bits per heavy atom. The largest absolute Gasteiger partial charge is 0.497 e. The van der Waals surface area contributed by atoms with Gasteiger partial charge in [0.2, 0.25) is 0 Å². The highest BCUT2D eigenvalue weighted by Gasteiger charge is 2.58. The molecule has 1 aliphatic heterocycles. The van der Waals surface area contributed by atoms with Gasteiger partial charge in [-0.1, -0.05) is 30.3 Å². The lowest BCUT2D eigenvalue weighted by Crippen LogP contribution is -2.49. The summed E-state index contributed by atoms with van der Waals surface area (Å²) < 4.78 is 13.3. The minimum absolute atomic E-state index is 0.104. The summed E-state index contributed by atoms with van der Waals surface area (Å²) in [5.74, 6) is 1.35. The van der Waals surface area contributed by atoms with Crippen LogP contribution < -0.4 is 0 Å². The highest BCUT2D eigenvalue weighted by atomic mass is 16.5. The molecule has 1 aromatic heterocycles. The molecular formula is C25H29N3O3. The van der Waals surface area contributed by atoms with Gasteiger partial charge in [-0.15, -0.1) is 0 Å². The van der Waals surface area contributed by atoms with E-state index in [1.807, 2.05) is 47.0 Å². The first kappa shape index (κ1) is 19.9. The van der Waals surface area contributed by atoms with E-state index in [1.165, 1.54) is 5.70 Å². The first-order valence-corrected chi connectivity index (χ1v) is 10.8. The molecule has 2 fully saturated rings. The molecule has 2 unspecified atom stereocenters. The molecule has 6 nitrogen and oxygen atoms in total. The molecule has 2 heterocycles. The van der Waals surface area contributed by atoms with Crippen LogP contribution in [-0.4, -0.2) is 66.3 Å². The number of hydrogen-bond acceptors (Lipinski definition) is 4. The molecule has 5 rings (SSSR count). The lowest BCUT2D eigenvalue weighted by molar-refractivity contribution is 0.0642. The Morgan fingerprint density at radius 3 is 2.48 bits per heavy atom. The van der Waals surface area contributed by atoms with Gasteiger partial charge in [-0.05, 0) is 30.2 Å². The molecule has 2 atom stereocenters. The monoisotopic (exact) mass is 419 g/mol. The number of rotatable bonds is 5. The Morgan fingerprint density at radius 2 is 1.81 bits per heavy atom. The van der Waals surface area contributed by atoms with Crippen molar-refractivity contribution in [3.63, 3.8) is 0 Å². The van der Waals surface area contributed by atoms with Gasteiger partial charge < -0.3 is 23.8 Å². The number of amides is 1. The van der Waals surface area contributed by atoms with E-state index >= 15 is 0 Å². The fraction of sp³-hybridized carbons (Fsp3) is 0.400. The van der Waals surface area contributed by atoms with Crippen molar-refractivity contribution in [1.29, 1.82) is 0 Å². The van der Waals surface area contributed by atoms with Gasteiger partial charge >= 0.3 is 0 Å². The minimum atomic E-state index is -0.211. The predicted octanol–water partition coefficient (Wildman–Crippen LogP) is 3.28. The molecule has 0 N–H and O–H groups in total. The average Bonchev–Trinajstić information content (AvgIpc) is 3.44. The number of hydrogen-bond donors (Lipinski definition) is 0. The maximum Gasteiger partial charge on any atom is 0.256 e. The maximum absolute atomic E-state index is 13.4. The van der Waals surface area contributed by atoms with E-state index < -0.39 is 0 Å². The van der Waals surface area contributed by atoms with Crippen LogP contribution in [0.5, 0.6) is 0 Å². The lowest BCUT2D eigenvalue weighted by atomic mass is 10.0. The Balaban J connectivity index is 1.31. The molecule has 0 bridgehead atoms. The van der Waals surface area contributed by atoms with Crippen LogP contribution in [0.2, 0.25) is 0 Å². The molecule has 162 valence electrons. The van der Waals surface area contributed by atoms with E-state index in [9.17, 15) is 4.79 Å². The molecule has 3 aliphatic rings.